The van der Waals surface area contributed by atoms with Crippen molar-refractivity contribution < 1.29 is 22.3 Å². The molecule has 1 aliphatic heterocycles. The zero-order valence-corrected chi connectivity index (χ0v) is 13.6. The van der Waals surface area contributed by atoms with Gasteiger partial charge in [-0.3, -0.25) is 0 Å². The summed E-state index contributed by atoms with van der Waals surface area (Å²) in [5, 5.41) is 3.28. The molecule has 2 heterocycles. The highest BCUT2D eigenvalue weighted by Gasteiger charge is 2.29. The van der Waals surface area contributed by atoms with E-state index in [-0.39, 0.29) is 6.10 Å². The van der Waals surface area contributed by atoms with Crippen LogP contribution in [0.5, 0.6) is 0 Å². The predicted molar refractivity (Wildman–Crippen MR) is 87.6 cm³/mol. The largest absolute Gasteiger partial charge is 0.445 e. The summed E-state index contributed by atoms with van der Waals surface area (Å²) in [6.07, 6.45) is 2.80. The highest BCUT2D eigenvalue weighted by Crippen LogP contribution is 2.29. The number of halogens is 3. The lowest BCUT2D eigenvalue weighted by Gasteiger charge is -2.22. The summed E-state index contributed by atoms with van der Waals surface area (Å²) in [5.74, 6) is 0.389. The van der Waals surface area contributed by atoms with Crippen molar-refractivity contribution in [3.8, 4) is 0 Å². The Kier molecular flexibility index (Phi) is 5.55. The third-order valence-corrected chi connectivity index (χ3v) is 3.94. The van der Waals surface area contributed by atoms with Crippen molar-refractivity contribution in [1.29, 1.82) is 0 Å². The van der Waals surface area contributed by atoms with E-state index in [1.165, 1.54) is 18.4 Å². The maximum Gasteiger partial charge on any atom is 0.416 e. The Morgan fingerprint density at radius 1 is 1.24 bits per heavy atom. The van der Waals surface area contributed by atoms with Crippen LogP contribution in [-0.2, 0) is 17.5 Å². The van der Waals surface area contributed by atoms with E-state index in [1.807, 2.05) is 0 Å². The van der Waals surface area contributed by atoms with Crippen molar-refractivity contribution in [2.75, 3.05) is 13.1 Å². The average molecular weight is 352 g/mol. The molecular formula is C18H19F3N2O2. The molecule has 1 saturated heterocycles. The van der Waals surface area contributed by atoms with Crippen LogP contribution in [0, 0.1) is 0 Å². The van der Waals surface area contributed by atoms with Gasteiger partial charge in [-0.1, -0.05) is 12.1 Å². The van der Waals surface area contributed by atoms with Crippen LogP contribution < -0.4 is 5.32 Å². The molecule has 1 aromatic heterocycles. The maximum absolute atomic E-state index is 12.5. The van der Waals surface area contributed by atoms with Crippen LogP contribution in [0.15, 0.2) is 34.9 Å². The summed E-state index contributed by atoms with van der Waals surface area (Å²) >= 11 is 0. The number of nitrogens with one attached hydrogen (secondary N) is 1. The Morgan fingerprint density at radius 3 is 2.72 bits per heavy atom. The van der Waals surface area contributed by atoms with Crippen molar-refractivity contribution in [3.63, 3.8) is 0 Å². The number of hydrogen-bond donors (Lipinski definition) is 1. The third-order valence-electron chi connectivity index (χ3n) is 3.94. The summed E-state index contributed by atoms with van der Waals surface area (Å²) in [6, 6.07) is 4.91. The van der Waals surface area contributed by atoms with Gasteiger partial charge in [0.1, 0.15) is 12.0 Å². The Labute approximate surface area is 143 Å². The van der Waals surface area contributed by atoms with Gasteiger partial charge in [0, 0.05) is 12.6 Å². The number of hydrogen-bond acceptors (Lipinski definition) is 4. The van der Waals surface area contributed by atoms with Crippen LogP contribution in [0.25, 0.3) is 12.2 Å². The number of oxazole rings is 1. The average Bonchev–Trinajstić information content (AvgIpc) is 3.07. The van der Waals surface area contributed by atoms with Crippen LogP contribution in [0.3, 0.4) is 0 Å². The van der Waals surface area contributed by atoms with Crippen molar-refractivity contribution in [2.45, 2.75) is 31.7 Å². The summed E-state index contributed by atoms with van der Waals surface area (Å²) in [5.41, 5.74) is 0.660. The molecule has 3 rings (SSSR count). The zero-order chi connectivity index (χ0) is 17.7. The Morgan fingerprint density at radius 2 is 2.04 bits per heavy atom. The van der Waals surface area contributed by atoms with E-state index in [2.05, 4.69) is 10.3 Å². The highest BCUT2D eigenvalue weighted by molar-refractivity contribution is 5.66. The molecule has 0 spiro atoms. The van der Waals surface area contributed by atoms with E-state index in [0.29, 0.717) is 23.8 Å². The van der Waals surface area contributed by atoms with Gasteiger partial charge in [-0.25, -0.2) is 4.98 Å². The van der Waals surface area contributed by atoms with Gasteiger partial charge in [-0.2, -0.15) is 13.2 Å². The minimum Gasteiger partial charge on any atom is -0.445 e. The monoisotopic (exact) mass is 352 g/mol. The van der Waals surface area contributed by atoms with Gasteiger partial charge >= 0.3 is 6.18 Å². The summed E-state index contributed by atoms with van der Waals surface area (Å²) < 4.78 is 48.7. The SMILES string of the molecule is FC(F)(F)c1ccc(/C=C/c2nc(COC3CCCNC3)co2)cc1. The first-order valence-electron chi connectivity index (χ1n) is 8.13. The first kappa shape index (κ1) is 17.7. The zero-order valence-electron chi connectivity index (χ0n) is 13.6. The van der Waals surface area contributed by atoms with Crippen LogP contribution >= 0.6 is 0 Å². The molecule has 4 nitrogen and oxygen atoms in total. The number of piperidine rings is 1. The fourth-order valence-corrected chi connectivity index (χ4v) is 2.58. The normalized spacial score (nSPS) is 18.8. The van der Waals surface area contributed by atoms with Gasteiger partial charge < -0.3 is 14.5 Å². The Hall–Kier alpha value is -2.12. The van der Waals surface area contributed by atoms with Crippen LogP contribution in [0.4, 0.5) is 13.2 Å². The molecule has 134 valence electrons. The number of ether oxygens (including phenoxy) is 1. The standard InChI is InChI=1S/C18H19F3N2O2/c19-18(20,21)14-6-3-13(4-7-14)5-8-17-23-15(12-25-17)11-24-16-2-1-9-22-10-16/h3-8,12,16,22H,1-2,9-11H2/b8-5+. The maximum atomic E-state index is 12.5. The molecule has 2 aromatic rings. The molecule has 1 N–H and O–H groups in total. The molecule has 1 atom stereocenters. The molecule has 1 aromatic carbocycles. The summed E-state index contributed by atoms with van der Waals surface area (Å²) in [6.45, 7) is 2.26. The molecule has 1 aliphatic rings. The molecular weight excluding hydrogens is 333 g/mol. The number of rotatable bonds is 5. The molecule has 0 aliphatic carbocycles. The molecule has 25 heavy (non-hydrogen) atoms. The van der Waals surface area contributed by atoms with Gasteiger partial charge in [-0.05, 0) is 43.2 Å². The van der Waals surface area contributed by atoms with Gasteiger partial charge in [0.15, 0.2) is 0 Å². The van der Waals surface area contributed by atoms with Crippen LogP contribution in [0.1, 0.15) is 35.6 Å². The second kappa shape index (κ2) is 7.84. The number of benzene rings is 1. The van der Waals surface area contributed by atoms with Crippen molar-refractivity contribution in [1.82, 2.24) is 10.3 Å². The first-order chi connectivity index (χ1) is 12.0. The van der Waals surface area contributed by atoms with E-state index in [0.717, 1.165) is 38.1 Å². The highest BCUT2D eigenvalue weighted by atomic mass is 19.4. The van der Waals surface area contributed by atoms with E-state index in [4.69, 9.17) is 9.15 Å². The molecule has 0 radical (unpaired) electrons. The third kappa shape index (κ3) is 5.17. The molecule has 1 fully saturated rings. The topological polar surface area (TPSA) is 47.3 Å². The van der Waals surface area contributed by atoms with Gasteiger partial charge in [0.05, 0.1) is 18.3 Å². The summed E-state index contributed by atoms with van der Waals surface area (Å²) in [4.78, 5) is 4.29. The van der Waals surface area contributed by atoms with Crippen LogP contribution in [0.2, 0.25) is 0 Å². The summed E-state index contributed by atoms with van der Waals surface area (Å²) in [7, 11) is 0. The fourth-order valence-electron chi connectivity index (χ4n) is 2.58. The molecule has 0 amide bonds. The smallest absolute Gasteiger partial charge is 0.416 e. The Balaban J connectivity index is 1.54. The minimum atomic E-state index is -4.33. The molecule has 1 unspecified atom stereocenters. The second-order valence-electron chi connectivity index (χ2n) is 5.91. The van der Waals surface area contributed by atoms with Crippen molar-refractivity contribution in [3.05, 3.63) is 53.2 Å². The molecule has 7 heteroatoms. The van der Waals surface area contributed by atoms with E-state index >= 15 is 0 Å². The first-order valence-corrected chi connectivity index (χ1v) is 8.13. The van der Waals surface area contributed by atoms with Crippen molar-refractivity contribution >= 4 is 12.2 Å². The predicted octanol–water partition coefficient (Wildman–Crippen LogP) is 4.13. The van der Waals surface area contributed by atoms with Gasteiger partial charge in [0.2, 0.25) is 5.89 Å². The lowest BCUT2D eigenvalue weighted by atomic mass is 10.1. The Bertz CT molecular complexity index is 702. The van der Waals surface area contributed by atoms with E-state index < -0.39 is 11.7 Å². The lowest BCUT2D eigenvalue weighted by molar-refractivity contribution is -0.137. The quantitative estimate of drug-likeness (QED) is 0.879. The van der Waals surface area contributed by atoms with Crippen molar-refractivity contribution in [2.24, 2.45) is 0 Å². The van der Waals surface area contributed by atoms with Gasteiger partial charge in [-0.15, -0.1) is 0 Å². The molecule has 0 bridgehead atoms. The second-order valence-corrected chi connectivity index (χ2v) is 5.91. The van der Waals surface area contributed by atoms with E-state index in [9.17, 15) is 13.2 Å². The van der Waals surface area contributed by atoms with Crippen LogP contribution in [-0.4, -0.2) is 24.2 Å². The minimum absolute atomic E-state index is 0.191. The van der Waals surface area contributed by atoms with Gasteiger partial charge in [0.25, 0.3) is 0 Å². The molecule has 0 saturated carbocycles. The number of alkyl halides is 3. The number of nitrogens with zero attached hydrogens (tertiary/aromatic N) is 1. The van der Waals surface area contributed by atoms with E-state index in [1.54, 1.807) is 12.2 Å². The lowest BCUT2D eigenvalue weighted by Crippen LogP contribution is -2.35. The number of aromatic nitrogens is 1. The fraction of sp³-hybridized carbons (Fsp3) is 0.389.